The van der Waals surface area contributed by atoms with Gasteiger partial charge in [-0.25, -0.2) is 4.79 Å². The molecule has 0 saturated carbocycles. The molecule has 1 N–H and O–H groups in total. The van der Waals surface area contributed by atoms with Crippen LogP contribution in [-0.4, -0.2) is 30.1 Å². The Morgan fingerprint density at radius 2 is 1.94 bits per heavy atom. The molecule has 0 atom stereocenters. The smallest absolute Gasteiger partial charge is 0.410 e. The van der Waals surface area contributed by atoms with Gasteiger partial charge in [-0.2, -0.15) is 5.26 Å². The molecular weight excluding hydrogens is 450 g/mol. The summed E-state index contributed by atoms with van der Waals surface area (Å²) in [6, 6.07) is 19.0. The van der Waals surface area contributed by atoms with Crippen molar-refractivity contribution in [2.24, 2.45) is 0 Å². The molecule has 0 fully saturated rings. The highest BCUT2D eigenvalue weighted by Crippen LogP contribution is 2.37. The summed E-state index contributed by atoms with van der Waals surface area (Å²) in [6.07, 6.45) is 3.27. The molecule has 2 aromatic carbocycles. The Morgan fingerprint density at radius 1 is 1.18 bits per heavy atom. The largest absolute Gasteiger partial charge is 0.457 e. The summed E-state index contributed by atoms with van der Waals surface area (Å²) in [4.78, 5) is 27.2. The molecule has 1 aliphatic heterocycles. The molecule has 0 aliphatic carbocycles. The van der Waals surface area contributed by atoms with Gasteiger partial charge in [-0.1, -0.05) is 36.4 Å². The zero-order chi connectivity index (χ0) is 23.9. The lowest BCUT2D eigenvalue weighted by molar-refractivity contribution is -0.111. The van der Waals surface area contributed by atoms with E-state index in [4.69, 9.17) is 9.47 Å². The summed E-state index contributed by atoms with van der Waals surface area (Å²) in [5.41, 5.74) is 2.09. The van der Waals surface area contributed by atoms with E-state index in [0.29, 0.717) is 48.2 Å². The Bertz CT molecular complexity index is 1260. The van der Waals surface area contributed by atoms with Crippen LogP contribution < -0.4 is 10.1 Å². The normalized spacial score (nSPS) is 12.6. The number of rotatable bonds is 6. The van der Waals surface area contributed by atoms with E-state index in [1.54, 1.807) is 17.9 Å². The van der Waals surface area contributed by atoms with Crippen LogP contribution in [0.4, 0.5) is 9.80 Å². The molecule has 4 rings (SSSR count). The first-order valence-corrected chi connectivity index (χ1v) is 11.7. The van der Waals surface area contributed by atoms with Crippen molar-refractivity contribution in [2.75, 3.05) is 18.5 Å². The molecule has 8 heteroatoms. The fourth-order valence-electron chi connectivity index (χ4n) is 3.63. The fourth-order valence-corrected chi connectivity index (χ4v) is 4.84. The van der Waals surface area contributed by atoms with E-state index < -0.39 is 0 Å². The van der Waals surface area contributed by atoms with E-state index in [1.165, 1.54) is 17.4 Å². The number of para-hydroxylation sites is 2. The molecule has 0 radical (unpaired) electrons. The standard InChI is InChI=1S/C26H23N3O4S/c1-2-32-26(31)29-15-14-20-21(16-27)25(34-23(20)17-29)28-24(30)13-12-18-8-6-7-11-22(18)33-19-9-4-3-5-10-19/h3-13H,2,14-15,17H2,1H3,(H,28,30). The second-order valence-electron chi connectivity index (χ2n) is 7.47. The van der Waals surface area contributed by atoms with Gasteiger partial charge in [0.1, 0.15) is 22.6 Å². The van der Waals surface area contributed by atoms with Gasteiger partial charge in [-0.3, -0.25) is 4.79 Å². The predicted octanol–water partition coefficient (Wildman–Crippen LogP) is 5.58. The summed E-state index contributed by atoms with van der Waals surface area (Å²) in [5.74, 6) is 0.973. The van der Waals surface area contributed by atoms with Crippen LogP contribution in [0.3, 0.4) is 0 Å². The van der Waals surface area contributed by atoms with Crippen LogP contribution in [0, 0.1) is 11.3 Å². The maximum Gasteiger partial charge on any atom is 0.410 e. The van der Waals surface area contributed by atoms with Gasteiger partial charge in [-0.05, 0) is 43.2 Å². The van der Waals surface area contributed by atoms with E-state index in [2.05, 4.69) is 11.4 Å². The van der Waals surface area contributed by atoms with Gasteiger partial charge in [0.15, 0.2) is 0 Å². The first-order valence-electron chi connectivity index (χ1n) is 10.9. The van der Waals surface area contributed by atoms with Crippen molar-refractivity contribution in [1.29, 1.82) is 5.26 Å². The molecule has 7 nitrogen and oxygen atoms in total. The number of nitrogens with zero attached hydrogens (tertiary/aromatic N) is 2. The Kier molecular flexibility index (Phi) is 7.25. The van der Waals surface area contributed by atoms with Crippen LogP contribution in [0.15, 0.2) is 60.7 Å². The number of fused-ring (bicyclic) bond motifs is 1. The monoisotopic (exact) mass is 473 g/mol. The van der Waals surface area contributed by atoms with Crippen molar-refractivity contribution in [3.8, 4) is 17.6 Å². The third-order valence-corrected chi connectivity index (χ3v) is 6.37. The maximum atomic E-state index is 12.7. The first-order chi connectivity index (χ1) is 16.6. The average molecular weight is 474 g/mol. The summed E-state index contributed by atoms with van der Waals surface area (Å²) in [6.45, 7) is 2.91. The number of hydrogen-bond acceptors (Lipinski definition) is 6. The van der Waals surface area contributed by atoms with Crippen molar-refractivity contribution >= 4 is 34.4 Å². The number of ether oxygens (including phenoxy) is 2. The van der Waals surface area contributed by atoms with Gasteiger partial charge in [0.05, 0.1) is 18.7 Å². The van der Waals surface area contributed by atoms with Gasteiger partial charge in [-0.15, -0.1) is 11.3 Å². The van der Waals surface area contributed by atoms with Crippen molar-refractivity contribution in [3.63, 3.8) is 0 Å². The number of carbonyl (C=O) groups excluding carboxylic acids is 2. The van der Waals surface area contributed by atoms with E-state index >= 15 is 0 Å². The first kappa shape index (κ1) is 23.1. The molecule has 0 saturated heterocycles. The molecule has 2 amide bonds. The van der Waals surface area contributed by atoms with Crippen molar-refractivity contribution in [3.05, 3.63) is 82.2 Å². The van der Waals surface area contributed by atoms with E-state index in [1.807, 2.05) is 54.6 Å². The Labute approximate surface area is 201 Å². The third-order valence-electron chi connectivity index (χ3n) is 5.24. The van der Waals surface area contributed by atoms with Gasteiger partial charge < -0.3 is 19.7 Å². The van der Waals surface area contributed by atoms with Gasteiger partial charge >= 0.3 is 6.09 Å². The minimum Gasteiger partial charge on any atom is -0.457 e. The number of nitrogens with one attached hydrogen (secondary N) is 1. The highest BCUT2D eigenvalue weighted by Gasteiger charge is 2.28. The quantitative estimate of drug-likeness (QED) is 0.472. The van der Waals surface area contributed by atoms with Gasteiger partial charge in [0.2, 0.25) is 5.91 Å². The molecule has 172 valence electrons. The predicted molar refractivity (Wildman–Crippen MR) is 131 cm³/mol. The van der Waals surface area contributed by atoms with E-state index in [-0.39, 0.29) is 12.0 Å². The number of hydrogen-bond donors (Lipinski definition) is 1. The lowest BCUT2D eigenvalue weighted by atomic mass is 10.0. The van der Waals surface area contributed by atoms with Crippen LogP contribution in [0.2, 0.25) is 0 Å². The van der Waals surface area contributed by atoms with Gasteiger partial charge in [0.25, 0.3) is 0 Å². The topological polar surface area (TPSA) is 91.7 Å². The zero-order valence-electron chi connectivity index (χ0n) is 18.6. The molecule has 1 aliphatic rings. The number of nitriles is 1. The number of carbonyl (C=O) groups is 2. The summed E-state index contributed by atoms with van der Waals surface area (Å²) >= 11 is 1.32. The van der Waals surface area contributed by atoms with Crippen LogP contribution >= 0.6 is 11.3 Å². The van der Waals surface area contributed by atoms with Crippen LogP contribution in [-0.2, 0) is 22.5 Å². The summed E-state index contributed by atoms with van der Waals surface area (Å²) in [7, 11) is 0. The van der Waals surface area contributed by atoms with Crippen molar-refractivity contribution in [1.82, 2.24) is 4.90 Å². The number of anilines is 1. The number of thiophene rings is 1. The number of benzene rings is 2. The Balaban J connectivity index is 1.47. The second-order valence-corrected chi connectivity index (χ2v) is 8.57. The van der Waals surface area contributed by atoms with Crippen LogP contribution in [0.5, 0.6) is 11.5 Å². The summed E-state index contributed by atoms with van der Waals surface area (Å²) in [5, 5.41) is 13.0. The fraction of sp³-hybridized carbons (Fsp3) is 0.192. The highest BCUT2D eigenvalue weighted by molar-refractivity contribution is 7.16. The molecule has 0 unspecified atom stereocenters. The Morgan fingerprint density at radius 3 is 2.71 bits per heavy atom. The molecular formula is C26H23N3O4S. The minimum atomic E-state index is -0.370. The lowest BCUT2D eigenvalue weighted by Crippen LogP contribution is -2.35. The summed E-state index contributed by atoms with van der Waals surface area (Å²) < 4.78 is 11.0. The lowest BCUT2D eigenvalue weighted by Gasteiger charge is -2.25. The van der Waals surface area contributed by atoms with E-state index in [9.17, 15) is 14.9 Å². The Hall–Kier alpha value is -4.09. The van der Waals surface area contributed by atoms with Crippen LogP contribution in [0.1, 0.15) is 28.5 Å². The molecule has 0 bridgehead atoms. The molecule has 0 spiro atoms. The highest BCUT2D eigenvalue weighted by atomic mass is 32.1. The third kappa shape index (κ3) is 5.27. The molecule has 3 aromatic rings. The molecule has 1 aromatic heterocycles. The minimum absolute atomic E-state index is 0.309. The maximum absolute atomic E-state index is 12.7. The SMILES string of the molecule is CCOC(=O)N1CCc2c(sc(NC(=O)C=Cc3ccccc3Oc3ccccc3)c2C#N)C1. The van der Waals surface area contributed by atoms with Gasteiger partial charge in [0, 0.05) is 23.1 Å². The number of amides is 2. The van der Waals surface area contributed by atoms with Crippen molar-refractivity contribution in [2.45, 2.75) is 19.9 Å². The zero-order valence-corrected chi connectivity index (χ0v) is 19.4. The molecule has 2 heterocycles. The molecule has 34 heavy (non-hydrogen) atoms. The average Bonchev–Trinajstić information content (AvgIpc) is 3.20. The second kappa shape index (κ2) is 10.7. The van der Waals surface area contributed by atoms with Crippen LogP contribution in [0.25, 0.3) is 6.08 Å². The van der Waals surface area contributed by atoms with Crippen molar-refractivity contribution < 1.29 is 19.1 Å². The van der Waals surface area contributed by atoms with E-state index in [0.717, 1.165) is 16.0 Å².